The van der Waals surface area contributed by atoms with Crippen molar-refractivity contribution in [3.8, 4) is 5.75 Å². The Labute approximate surface area is 143 Å². The summed E-state index contributed by atoms with van der Waals surface area (Å²) in [6.45, 7) is 4.17. The zero-order valence-electron chi connectivity index (χ0n) is 13.6. The van der Waals surface area contributed by atoms with Crippen molar-refractivity contribution in [2.24, 2.45) is 0 Å². The molecule has 0 spiro atoms. The summed E-state index contributed by atoms with van der Waals surface area (Å²) in [5, 5.41) is 4.63. The second-order valence-corrected chi connectivity index (χ2v) is 5.30. The van der Waals surface area contributed by atoms with Gasteiger partial charge in [-0.3, -0.25) is 0 Å². The number of fused-ring (bicyclic) bond motifs is 1. The van der Waals surface area contributed by atoms with E-state index in [1.54, 1.807) is 7.11 Å². The maximum Gasteiger partial charge on any atom is 0.145 e. The molecule has 0 saturated heterocycles. The molecule has 0 unspecified atom stereocenters. The first-order valence-corrected chi connectivity index (χ1v) is 7.52. The van der Waals surface area contributed by atoms with Crippen molar-refractivity contribution in [3.63, 3.8) is 0 Å². The van der Waals surface area contributed by atoms with Crippen LogP contribution in [0.2, 0.25) is 0 Å². The molecule has 0 saturated carbocycles. The van der Waals surface area contributed by atoms with Crippen molar-refractivity contribution >= 4 is 34.7 Å². The van der Waals surface area contributed by atoms with Gasteiger partial charge in [-0.2, -0.15) is 0 Å². The van der Waals surface area contributed by atoms with Crippen LogP contribution in [-0.2, 0) is 6.42 Å². The molecular weight excluding hydrogens is 308 g/mol. The monoisotopic (exact) mass is 328 g/mol. The number of nitrogens with one attached hydrogen (secondary N) is 1. The number of ether oxygens (including phenoxy) is 1. The van der Waals surface area contributed by atoms with Gasteiger partial charge in [0, 0.05) is 22.5 Å². The van der Waals surface area contributed by atoms with Crippen LogP contribution in [0, 0.1) is 6.92 Å². The zero-order valence-corrected chi connectivity index (χ0v) is 14.4. The summed E-state index contributed by atoms with van der Waals surface area (Å²) in [4.78, 5) is 4.63. The normalized spacial score (nSPS) is 10.2. The first kappa shape index (κ1) is 17.1. The maximum atomic E-state index is 5.44. The quantitative estimate of drug-likeness (QED) is 0.707. The van der Waals surface area contributed by atoms with Crippen molar-refractivity contribution in [3.05, 3.63) is 59.8 Å². The predicted molar refractivity (Wildman–Crippen MR) is 99.4 cm³/mol. The van der Waals surface area contributed by atoms with Crippen LogP contribution in [-0.4, -0.2) is 12.1 Å². The van der Waals surface area contributed by atoms with Gasteiger partial charge in [0.05, 0.1) is 7.11 Å². The van der Waals surface area contributed by atoms with Gasteiger partial charge in [-0.05, 0) is 37.1 Å². The third-order valence-corrected chi connectivity index (χ3v) is 3.82. The number of anilines is 2. The van der Waals surface area contributed by atoms with Gasteiger partial charge in [-0.25, -0.2) is 4.98 Å². The van der Waals surface area contributed by atoms with Crippen LogP contribution in [0.25, 0.3) is 10.9 Å². The Bertz CT molecular complexity index is 818. The summed E-state index contributed by atoms with van der Waals surface area (Å²) < 4.78 is 5.44. The molecule has 4 heteroatoms. The number of halogens is 1. The highest BCUT2D eigenvalue weighted by Crippen LogP contribution is 2.32. The number of methoxy groups -OCH3 is 1. The molecule has 0 aliphatic rings. The van der Waals surface area contributed by atoms with Gasteiger partial charge in [0.15, 0.2) is 0 Å². The molecule has 1 heterocycles. The Hall–Kier alpha value is -2.26. The fourth-order valence-electron chi connectivity index (χ4n) is 2.71. The van der Waals surface area contributed by atoms with Gasteiger partial charge in [0.2, 0.25) is 0 Å². The number of pyridine rings is 1. The summed E-state index contributed by atoms with van der Waals surface area (Å²) in [6, 6.07) is 16.5. The van der Waals surface area contributed by atoms with Crippen molar-refractivity contribution in [1.29, 1.82) is 0 Å². The Morgan fingerprint density at radius 1 is 1.04 bits per heavy atom. The molecule has 3 nitrogen and oxygen atoms in total. The molecule has 1 aromatic heterocycles. The van der Waals surface area contributed by atoms with Gasteiger partial charge in [-0.1, -0.05) is 37.3 Å². The van der Waals surface area contributed by atoms with Crippen LogP contribution in [0.5, 0.6) is 5.75 Å². The van der Waals surface area contributed by atoms with E-state index in [1.807, 2.05) is 19.1 Å². The van der Waals surface area contributed by atoms with Gasteiger partial charge in [0.25, 0.3) is 0 Å². The van der Waals surface area contributed by atoms with Crippen LogP contribution in [0.15, 0.2) is 48.5 Å². The lowest BCUT2D eigenvalue weighted by atomic mass is 10.1. The molecule has 2 aromatic carbocycles. The molecule has 0 atom stereocenters. The fraction of sp³-hybridized carbons (Fsp3) is 0.211. The highest BCUT2D eigenvalue weighted by Gasteiger charge is 2.09. The van der Waals surface area contributed by atoms with Crippen molar-refractivity contribution in [1.82, 2.24) is 4.98 Å². The van der Waals surface area contributed by atoms with E-state index >= 15 is 0 Å². The third-order valence-electron chi connectivity index (χ3n) is 3.82. The molecule has 1 N–H and O–H groups in total. The van der Waals surface area contributed by atoms with Crippen LogP contribution >= 0.6 is 12.4 Å². The fourth-order valence-corrected chi connectivity index (χ4v) is 2.71. The van der Waals surface area contributed by atoms with E-state index in [2.05, 4.69) is 53.6 Å². The lowest BCUT2D eigenvalue weighted by Crippen LogP contribution is -1.98. The Morgan fingerprint density at radius 3 is 2.57 bits per heavy atom. The SMILES string of the molecule is CCc1ccccc1Nc1cc(C)nc2c(OC)cccc12.Cl. The molecule has 3 rings (SSSR count). The second kappa shape index (κ2) is 7.34. The van der Waals surface area contributed by atoms with Gasteiger partial charge >= 0.3 is 0 Å². The van der Waals surface area contributed by atoms with E-state index in [-0.39, 0.29) is 12.4 Å². The van der Waals surface area contributed by atoms with Crippen LogP contribution in [0.1, 0.15) is 18.2 Å². The number of hydrogen-bond donors (Lipinski definition) is 1. The maximum absolute atomic E-state index is 5.44. The lowest BCUT2D eigenvalue weighted by molar-refractivity contribution is 0.419. The van der Waals surface area contributed by atoms with Crippen molar-refractivity contribution < 1.29 is 4.74 Å². The topological polar surface area (TPSA) is 34.2 Å². The van der Waals surface area contributed by atoms with Gasteiger partial charge in [-0.15, -0.1) is 12.4 Å². The largest absolute Gasteiger partial charge is 0.494 e. The summed E-state index contributed by atoms with van der Waals surface area (Å²) in [7, 11) is 1.68. The minimum absolute atomic E-state index is 0. The van der Waals surface area contributed by atoms with Gasteiger partial charge < -0.3 is 10.1 Å². The number of aryl methyl sites for hydroxylation is 2. The highest BCUT2D eigenvalue weighted by atomic mass is 35.5. The standard InChI is InChI=1S/C19H20N2O.ClH/c1-4-14-8-5-6-10-16(14)21-17-12-13(2)20-19-15(17)9-7-11-18(19)22-3;/h5-12H,4H2,1-3H3,(H,20,21);1H. The van der Waals surface area contributed by atoms with E-state index in [9.17, 15) is 0 Å². The second-order valence-electron chi connectivity index (χ2n) is 5.30. The van der Waals surface area contributed by atoms with E-state index in [0.717, 1.165) is 40.1 Å². The summed E-state index contributed by atoms with van der Waals surface area (Å²) >= 11 is 0. The molecule has 0 radical (unpaired) electrons. The number of para-hydroxylation sites is 2. The van der Waals surface area contributed by atoms with E-state index in [4.69, 9.17) is 4.74 Å². The molecule has 0 aliphatic heterocycles. The number of hydrogen-bond acceptors (Lipinski definition) is 3. The van der Waals surface area contributed by atoms with Crippen LogP contribution < -0.4 is 10.1 Å². The number of rotatable bonds is 4. The summed E-state index contributed by atoms with van der Waals surface area (Å²) in [5.41, 5.74) is 5.35. The van der Waals surface area contributed by atoms with Crippen LogP contribution in [0.4, 0.5) is 11.4 Å². The number of nitrogens with zero attached hydrogens (tertiary/aromatic N) is 1. The number of benzene rings is 2. The molecule has 0 fully saturated rings. The smallest absolute Gasteiger partial charge is 0.145 e. The first-order chi connectivity index (χ1) is 10.7. The minimum atomic E-state index is 0. The average Bonchev–Trinajstić information content (AvgIpc) is 2.54. The molecule has 0 bridgehead atoms. The summed E-state index contributed by atoms with van der Waals surface area (Å²) in [6.07, 6.45) is 0.995. The Morgan fingerprint density at radius 2 is 1.83 bits per heavy atom. The average molecular weight is 329 g/mol. The zero-order chi connectivity index (χ0) is 15.5. The van der Waals surface area contributed by atoms with Gasteiger partial charge in [0.1, 0.15) is 11.3 Å². The Kier molecular flexibility index (Phi) is 5.45. The third kappa shape index (κ3) is 3.40. The molecule has 3 aromatic rings. The van der Waals surface area contributed by atoms with Crippen molar-refractivity contribution in [2.45, 2.75) is 20.3 Å². The van der Waals surface area contributed by atoms with Crippen LogP contribution in [0.3, 0.4) is 0 Å². The summed E-state index contributed by atoms with van der Waals surface area (Å²) in [5.74, 6) is 0.799. The van der Waals surface area contributed by atoms with E-state index < -0.39 is 0 Å². The molecule has 0 aliphatic carbocycles. The molecule has 0 amide bonds. The first-order valence-electron chi connectivity index (χ1n) is 7.52. The molecule has 120 valence electrons. The lowest BCUT2D eigenvalue weighted by Gasteiger charge is -2.15. The minimum Gasteiger partial charge on any atom is -0.494 e. The van der Waals surface area contributed by atoms with E-state index in [1.165, 1.54) is 5.56 Å². The van der Waals surface area contributed by atoms with E-state index in [0.29, 0.717) is 0 Å². The molecular formula is C19H21ClN2O. The Balaban J connectivity index is 0.00000192. The molecule has 23 heavy (non-hydrogen) atoms. The number of aromatic nitrogens is 1. The highest BCUT2D eigenvalue weighted by molar-refractivity contribution is 5.96. The van der Waals surface area contributed by atoms with Crippen molar-refractivity contribution in [2.75, 3.05) is 12.4 Å². The predicted octanol–water partition coefficient (Wildman–Crippen LogP) is 5.28.